The Balaban J connectivity index is 2.16. The second-order valence-electron chi connectivity index (χ2n) is 7.92. The Kier molecular flexibility index (Phi) is 10.8. The number of nitrogens with one attached hydrogen (secondary N) is 1. The van der Waals surface area contributed by atoms with Crippen LogP contribution in [-0.4, -0.2) is 36.3 Å². The molecule has 0 saturated carbocycles. The van der Waals surface area contributed by atoms with E-state index in [-0.39, 0.29) is 36.2 Å². The van der Waals surface area contributed by atoms with Gasteiger partial charge in [0.15, 0.2) is 5.78 Å². The number of hydrogen-bond acceptors (Lipinski definition) is 2. The van der Waals surface area contributed by atoms with Crippen molar-refractivity contribution in [3.05, 3.63) is 72.6 Å². The SMILES string of the molecule is O=C(CCC(=O)c1ccc(/C=C/C(c2cc(Cl)c(Cl)c(Cl)c2)C(F)(F)F)cc1Br)NC(C(F)(F)F)C(F)(F)F. The summed E-state index contributed by atoms with van der Waals surface area (Å²) in [7, 11) is 0. The summed E-state index contributed by atoms with van der Waals surface area (Å²) in [6.07, 6.45) is -16.1. The molecule has 0 saturated heterocycles. The van der Waals surface area contributed by atoms with Crippen LogP contribution in [0, 0.1) is 0 Å². The number of ketones is 1. The number of halogens is 13. The van der Waals surface area contributed by atoms with Crippen LogP contribution >= 0.6 is 50.7 Å². The van der Waals surface area contributed by atoms with Crippen LogP contribution in [0.4, 0.5) is 39.5 Å². The zero-order chi connectivity index (χ0) is 29.9. The van der Waals surface area contributed by atoms with E-state index in [1.165, 1.54) is 12.1 Å². The Morgan fingerprint density at radius 1 is 0.846 bits per heavy atom. The molecule has 0 fully saturated rings. The minimum absolute atomic E-state index is 0.0552. The number of amides is 1. The lowest BCUT2D eigenvalue weighted by Crippen LogP contribution is -2.54. The molecule has 2 aromatic carbocycles. The maximum absolute atomic E-state index is 13.7. The van der Waals surface area contributed by atoms with Gasteiger partial charge in [-0.3, -0.25) is 9.59 Å². The standard InChI is InChI=1S/C23H14BrCl3F9NO2/c24-14-7-10(2-4-13(21(28,29)30)11-8-15(25)19(27)16(26)9-11)1-3-12(14)17(38)5-6-18(39)37-20(22(31,32)33)23(34,35)36/h1-4,7-9,13,20H,5-6H2,(H,37,39)/b4-2+. The monoisotopic (exact) mass is 691 g/mol. The fraction of sp³-hybridized carbons (Fsp3) is 0.304. The molecule has 1 amide bonds. The average Bonchev–Trinajstić information content (AvgIpc) is 2.77. The molecule has 0 radical (unpaired) electrons. The number of hydrogen-bond donors (Lipinski definition) is 1. The van der Waals surface area contributed by atoms with Crippen LogP contribution in [0.3, 0.4) is 0 Å². The molecule has 3 nitrogen and oxygen atoms in total. The first kappa shape index (κ1) is 33.2. The van der Waals surface area contributed by atoms with E-state index in [2.05, 4.69) is 15.9 Å². The van der Waals surface area contributed by atoms with E-state index in [1.807, 2.05) is 0 Å². The first-order valence-electron chi connectivity index (χ1n) is 10.4. The van der Waals surface area contributed by atoms with Gasteiger partial charge in [-0.1, -0.05) is 69.0 Å². The van der Waals surface area contributed by atoms with Crippen molar-refractivity contribution in [3.8, 4) is 0 Å². The zero-order valence-electron chi connectivity index (χ0n) is 18.8. The number of allylic oxidation sites excluding steroid dienone is 1. The summed E-state index contributed by atoms with van der Waals surface area (Å²) in [5, 5.41) is 0.323. The second-order valence-corrected chi connectivity index (χ2v) is 9.97. The van der Waals surface area contributed by atoms with Gasteiger partial charge in [0.25, 0.3) is 0 Å². The van der Waals surface area contributed by atoms with Crippen molar-refractivity contribution < 1.29 is 49.1 Å². The normalized spacial score (nSPS) is 13.7. The Bertz CT molecular complexity index is 1220. The third-order valence-corrected chi connectivity index (χ3v) is 6.88. The molecule has 0 aromatic heterocycles. The van der Waals surface area contributed by atoms with Gasteiger partial charge >= 0.3 is 18.5 Å². The summed E-state index contributed by atoms with van der Waals surface area (Å²) in [4.78, 5) is 24.0. The molecule has 0 bridgehead atoms. The van der Waals surface area contributed by atoms with Gasteiger partial charge in [0, 0.05) is 22.9 Å². The quantitative estimate of drug-likeness (QED) is 0.170. The summed E-state index contributed by atoms with van der Waals surface area (Å²) in [5.74, 6) is -4.61. The van der Waals surface area contributed by atoms with Crippen molar-refractivity contribution in [1.82, 2.24) is 5.32 Å². The predicted octanol–water partition coefficient (Wildman–Crippen LogP) is 9.34. The number of rotatable bonds is 8. The highest BCUT2D eigenvalue weighted by Crippen LogP contribution is 2.41. The van der Waals surface area contributed by atoms with Crippen LogP contribution in [0.25, 0.3) is 6.08 Å². The number of Topliss-reactive ketones (excluding diaryl/α,β-unsaturated/α-hetero) is 1. The fourth-order valence-corrected chi connectivity index (χ4v) is 4.41. The van der Waals surface area contributed by atoms with Crippen molar-refractivity contribution in [2.45, 2.75) is 43.3 Å². The van der Waals surface area contributed by atoms with E-state index in [1.54, 1.807) is 0 Å². The fourth-order valence-electron chi connectivity index (χ4n) is 3.18. The topological polar surface area (TPSA) is 46.2 Å². The molecule has 1 unspecified atom stereocenters. The van der Waals surface area contributed by atoms with Gasteiger partial charge in [-0.05, 0) is 35.4 Å². The molecule has 39 heavy (non-hydrogen) atoms. The summed E-state index contributed by atoms with van der Waals surface area (Å²) < 4.78 is 117. The molecule has 0 spiro atoms. The van der Waals surface area contributed by atoms with Crippen LogP contribution in [0.1, 0.15) is 40.2 Å². The molecule has 1 atom stereocenters. The Labute approximate surface area is 238 Å². The lowest BCUT2D eigenvalue weighted by molar-refractivity contribution is -0.257. The van der Waals surface area contributed by atoms with Crippen molar-refractivity contribution in [2.24, 2.45) is 0 Å². The lowest BCUT2D eigenvalue weighted by atomic mass is 9.96. The van der Waals surface area contributed by atoms with E-state index < -0.39 is 55.0 Å². The first-order valence-corrected chi connectivity index (χ1v) is 12.3. The Morgan fingerprint density at radius 3 is 1.85 bits per heavy atom. The smallest absolute Gasteiger partial charge is 0.337 e. The molecule has 2 rings (SSSR count). The Hall–Kier alpha value is -1.96. The first-order chi connectivity index (χ1) is 17.7. The molecule has 0 heterocycles. The molecule has 2 aromatic rings. The molecule has 1 N–H and O–H groups in total. The summed E-state index contributed by atoms with van der Waals surface area (Å²) >= 11 is 20.5. The minimum atomic E-state index is -5.79. The van der Waals surface area contributed by atoms with Crippen molar-refractivity contribution >= 4 is 68.5 Å². The highest BCUT2D eigenvalue weighted by atomic mass is 79.9. The van der Waals surface area contributed by atoms with Gasteiger partial charge in [-0.15, -0.1) is 0 Å². The van der Waals surface area contributed by atoms with Gasteiger partial charge in [-0.2, -0.15) is 39.5 Å². The van der Waals surface area contributed by atoms with E-state index >= 15 is 0 Å². The van der Waals surface area contributed by atoms with Crippen molar-refractivity contribution in [2.75, 3.05) is 0 Å². The van der Waals surface area contributed by atoms with Gasteiger partial charge in [0.05, 0.1) is 21.0 Å². The molecule has 214 valence electrons. The molecule has 0 aliphatic rings. The summed E-state index contributed by atoms with van der Waals surface area (Å²) in [5.41, 5.74) is -0.206. The maximum Gasteiger partial charge on any atom is 0.417 e. The van der Waals surface area contributed by atoms with Gasteiger partial charge in [0.2, 0.25) is 11.9 Å². The molecule has 16 heteroatoms. The lowest BCUT2D eigenvalue weighted by Gasteiger charge is -2.23. The van der Waals surface area contributed by atoms with Crippen LogP contribution in [0.5, 0.6) is 0 Å². The summed E-state index contributed by atoms with van der Waals surface area (Å²) in [6, 6.07) is 1.59. The van der Waals surface area contributed by atoms with E-state index in [4.69, 9.17) is 34.8 Å². The number of carbonyl (C=O) groups excluding carboxylic acids is 2. The second kappa shape index (κ2) is 12.7. The van der Waals surface area contributed by atoms with Gasteiger partial charge < -0.3 is 5.32 Å². The van der Waals surface area contributed by atoms with Crippen molar-refractivity contribution in [1.29, 1.82) is 0 Å². The van der Waals surface area contributed by atoms with Crippen LogP contribution in [0.15, 0.2) is 40.9 Å². The summed E-state index contributed by atoms with van der Waals surface area (Å²) in [6.45, 7) is 0. The molecular formula is C23H14BrCl3F9NO2. The third-order valence-electron chi connectivity index (χ3n) is 5.03. The molecule has 0 aliphatic carbocycles. The number of carbonyl (C=O) groups is 2. The highest BCUT2D eigenvalue weighted by molar-refractivity contribution is 9.10. The minimum Gasteiger partial charge on any atom is -0.337 e. The van der Waals surface area contributed by atoms with Gasteiger partial charge in [0.1, 0.15) is 0 Å². The third kappa shape index (κ3) is 9.29. The van der Waals surface area contributed by atoms with Crippen LogP contribution < -0.4 is 5.32 Å². The highest BCUT2D eigenvalue weighted by Gasteiger charge is 2.57. The molecular weight excluding hydrogens is 680 g/mol. The van der Waals surface area contributed by atoms with Crippen molar-refractivity contribution in [3.63, 3.8) is 0 Å². The number of benzene rings is 2. The van der Waals surface area contributed by atoms with Crippen LogP contribution in [0.2, 0.25) is 15.1 Å². The largest absolute Gasteiger partial charge is 0.417 e. The van der Waals surface area contributed by atoms with E-state index in [0.717, 1.165) is 35.7 Å². The predicted molar refractivity (Wildman–Crippen MR) is 131 cm³/mol. The van der Waals surface area contributed by atoms with Crippen LogP contribution in [-0.2, 0) is 4.79 Å². The van der Waals surface area contributed by atoms with Gasteiger partial charge in [-0.25, -0.2) is 0 Å². The zero-order valence-corrected chi connectivity index (χ0v) is 22.7. The average molecular weight is 694 g/mol. The molecule has 0 aliphatic heterocycles. The number of alkyl halides is 9. The maximum atomic E-state index is 13.7. The Morgan fingerprint density at radius 2 is 1.38 bits per heavy atom. The van der Waals surface area contributed by atoms with E-state index in [0.29, 0.717) is 0 Å². The van der Waals surface area contributed by atoms with E-state index in [9.17, 15) is 49.1 Å².